The third kappa shape index (κ3) is 8.22. The Labute approximate surface area is 324 Å². The van der Waals surface area contributed by atoms with Gasteiger partial charge >= 0.3 is 0 Å². The molecule has 0 bridgehead atoms. The third-order valence-corrected chi connectivity index (χ3v) is 10.6. The summed E-state index contributed by atoms with van der Waals surface area (Å²) in [7, 11) is 3.94. The molecular weight excluding hydrogens is 705 g/mol. The van der Waals surface area contributed by atoms with Crippen molar-refractivity contribution in [2.24, 2.45) is 17.9 Å². The molecule has 282 valence electrons. The van der Waals surface area contributed by atoms with E-state index < -0.39 is 0 Å². The Balaban J connectivity index is 0.00000266. The van der Waals surface area contributed by atoms with Crippen molar-refractivity contribution in [3.05, 3.63) is 98.7 Å². The first-order valence-electron chi connectivity index (χ1n) is 18.4. The lowest BCUT2D eigenvalue weighted by Gasteiger charge is -2.29. The molecule has 53 heavy (non-hydrogen) atoms. The number of hydrogen-bond acceptors (Lipinski definition) is 6. The number of rotatable bonds is 11. The van der Waals surface area contributed by atoms with E-state index in [0.29, 0.717) is 36.8 Å². The van der Waals surface area contributed by atoms with Gasteiger partial charge in [-0.2, -0.15) is 5.10 Å². The van der Waals surface area contributed by atoms with Crippen LogP contribution in [0.15, 0.2) is 82.0 Å². The van der Waals surface area contributed by atoms with Crippen LogP contribution in [0, 0.1) is 0 Å². The number of nitrogens with two attached hydrogens (primary N) is 1. The molecule has 0 spiro atoms. The van der Waals surface area contributed by atoms with E-state index in [-0.39, 0.29) is 12.0 Å². The normalized spacial score (nSPS) is 16.2. The maximum absolute atomic E-state index is 14.9. The first kappa shape index (κ1) is 39.8. The molecule has 0 saturated carbocycles. The van der Waals surface area contributed by atoms with Gasteiger partial charge in [-0.1, -0.05) is 54.8 Å². The van der Waals surface area contributed by atoms with Crippen molar-refractivity contribution < 1.29 is 9.53 Å². The highest BCUT2D eigenvalue weighted by Gasteiger charge is 2.34. The number of nitrogens with one attached hydrogen (secondary N) is 1. The topological polar surface area (TPSA) is 93.1 Å². The number of hydrazone groups is 1. The van der Waals surface area contributed by atoms with Crippen LogP contribution < -0.4 is 16.0 Å². The number of anilines is 2. The minimum Gasteiger partial charge on any atom is -0.403 e. The summed E-state index contributed by atoms with van der Waals surface area (Å²) in [5, 5.41) is 13.1. The van der Waals surface area contributed by atoms with E-state index >= 15 is 0 Å². The quantitative estimate of drug-likeness (QED) is 0.0903. The number of aromatic nitrogens is 2. The molecule has 1 aliphatic heterocycles. The number of ether oxygens (including phenoxy) is 1. The summed E-state index contributed by atoms with van der Waals surface area (Å²) in [6, 6.07) is 10.1. The molecule has 6 rings (SSSR count). The summed E-state index contributed by atoms with van der Waals surface area (Å²) in [5.41, 5.74) is 16.0. The number of carbonyl (C=O) groups is 1. The van der Waals surface area contributed by atoms with Crippen LogP contribution in [-0.4, -0.2) is 52.1 Å². The van der Waals surface area contributed by atoms with Crippen molar-refractivity contribution in [1.29, 1.82) is 0 Å². The number of fused-ring (bicyclic) bond motifs is 4. The monoisotopic (exact) mass is 757 g/mol. The lowest BCUT2D eigenvalue weighted by atomic mass is 9.99. The summed E-state index contributed by atoms with van der Waals surface area (Å²) >= 11 is 13.4. The molecule has 3 heterocycles. The Hall–Kier alpha value is -4.44. The Morgan fingerprint density at radius 3 is 2.57 bits per heavy atom. The van der Waals surface area contributed by atoms with Crippen molar-refractivity contribution >= 4 is 74.1 Å². The number of nitrogens with zero attached hydrogens (tertiary/aromatic N) is 5. The van der Waals surface area contributed by atoms with Crippen LogP contribution in [0.3, 0.4) is 0 Å². The number of amides is 1. The number of halogens is 2. The van der Waals surface area contributed by atoms with Crippen molar-refractivity contribution in [1.82, 2.24) is 14.1 Å². The molecule has 9 nitrogen and oxygen atoms in total. The van der Waals surface area contributed by atoms with Crippen LogP contribution in [-0.2, 0) is 24.8 Å². The van der Waals surface area contributed by atoms with Crippen LogP contribution in [0.5, 0.6) is 0 Å². The molecule has 1 atom stereocenters. The largest absolute Gasteiger partial charge is 0.403 e. The predicted molar refractivity (Wildman–Crippen MR) is 225 cm³/mol. The van der Waals surface area contributed by atoms with E-state index in [9.17, 15) is 4.79 Å². The van der Waals surface area contributed by atoms with Gasteiger partial charge in [0.1, 0.15) is 5.69 Å². The Kier molecular flexibility index (Phi) is 12.9. The molecule has 4 aromatic rings. The predicted octanol–water partition coefficient (Wildman–Crippen LogP) is 10.2. The van der Waals surface area contributed by atoms with Crippen LogP contribution >= 0.6 is 23.2 Å². The molecule has 1 unspecified atom stereocenters. The fraction of sp³-hybridized carbons (Fsp3) is 0.381. The molecule has 0 radical (unpaired) electrons. The minimum atomic E-state index is -0.0339. The van der Waals surface area contributed by atoms with Crippen molar-refractivity contribution in [2.45, 2.75) is 80.4 Å². The number of allylic oxidation sites excluding steroid dienone is 3. The van der Waals surface area contributed by atoms with E-state index in [0.717, 1.165) is 84.7 Å². The molecule has 0 saturated heterocycles. The van der Waals surface area contributed by atoms with Gasteiger partial charge in [0.15, 0.2) is 0 Å². The number of aryl methyl sites for hydroxylation is 2. The summed E-state index contributed by atoms with van der Waals surface area (Å²) in [4.78, 5) is 16.8. The molecule has 11 heteroatoms. The van der Waals surface area contributed by atoms with Crippen molar-refractivity contribution in [3.63, 3.8) is 0 Å². The Morgan fingerprint density at radius 2 is 1.87 bits per heavy atom. The van der Waals surface area contributed by atoms with Gasteiger partial charge in [-0.15, -0.1) is 0 Å². The minimum absolute atomic E-state index is 0.0136. The van der Waals surface area contributed by atoms with E-state index in [4.69, 9.17) is 33.7 Å². The third-order valence-electron chi connectivity index (χ3n) is 9.70. The molecule has 1 amide bonds. The summed E-state index contributed by atoms with van der Waals surface area (Å²) in [6.45, 7) is 15.7. The summed E-state index contributed by atoms with van der Waals surface area (Å²) in [6.07, 6.45) is 11.6. The molecule has 2 aliphatic rings. The zero-order valence-electron chi connectivity index (χ0n) is 32.5. The lowest BCUT2D eigenvalue weighted by molar-refractivity contribution is 0.0820. The molecule has 0 fully saturated rings. The fourth-order valence-electron chi connectivity index (χ4n) is 7.27. The molecule has 3 N–H and O–H groups in total. The van der Waals surface area contributed by atoms with Crippen LogP contribution in [0.4, 0.5) is 11.4 Å². The highest BCUT2D eigenvalue weighted by atomic mass is 35.5. The second-order valence-corrected chi connectivity index (χ2v) is 14.5. The zero-order chi connectivity index (χ0) is 38.6. The zero-order valence-corrected chi connectivity index (χ0v) is 34.0. The van der Waals surface area contributed by atoms with Crippen LogP contribution in [0.25, 0.3) is 27.9 Å². The van der Waals surface area contributed by atoms with Crippen LogP contribution in [0.1, 0.15) is 82.9 Å². The van der Waals surface area contributed by atoms with Gasteiger partial charge in [0.25, 0.3) is 5.91 Å². The van der Waals surface area contributed by atoms with Gasteiger partial charge in [-0.25, -0.2) is 0 Å². The Bertz CT molecular complexity index is 2160. The van der Waals surface area contributed by atoms with Gasteiger partial charge in [0, 0.05) is 95.9 Å². The summed E-state index contributed by atoms with van der Waals surface area (Å²) < 4.78 is 10.6. The van der Waals surface area contributed by atoms with Crippen LogP contribution in [0.2, 0.25) is 5.02 Å². The van der Waals surface area contributed by atoms with E-state index in [2.05, 4.69) is 56.8 Å². The lowest BCUT2D eigenvalue weighted by Crippen LogP contribution is -2.40. The second-order valence-electron chi connectivity index (χ2n) is 13.7. The molecule has 1 aliphatic carbocycles. The average Bonchev–Trinajstić information content (AvgIpc) is 3.63. The first-order chi connectivity index (χ1) is 25.4. The maximum Gasteiger partial charge on any atom is 0.275 e. The summed E-state index contributed by atoms with van der Waals surface area (Å²) in [5.74, 6) is -0.0339. The highest BCUT2D eigenvalue weighted by Crippen LogP contribution is 2.40. The van der Waals surface area contributed by atoms with Gasteiger partial charge in [0.2, 0.25) is 0 Å². The van der Waals surface area contributed by atoms with Gasteiger partial charge in [-0.3, -0.25) is 9.80 Å². The SMILES string of the molecule is CC.CC1=CC(OCCCc2c3n(c4c(/C=C(\C)N(C)N=C(C)C)c(Cl)ccc24)CCN(c2cn(C)c4ccc(N/C=C\N)cc24)C3=O)CC(C)=C1Cl. The number of benzene rings is 2. The molecule has 2 aromatic carbocycles. The molecule has 2 aromatic heterocycles. The maximum atomic E-state index is 14.9. The van der Waals surface area contributed by atoms with E-state index in [1.807, 2.05) is 83.9 Å². The van der Waals surface area contributed by atoms with Gasteiger partial charge < -0.3 is 29.8 Å². The number of hydrogen-bond donors (Lipinski definition) is 2. The number of carbonyl (C=O) groups excluding carboxylic acids is 1. The molecular formula is C42H53Cl2N7O2. The van der Waals surface area contributed by atoms with Gasteiger partial charge in [0.05, 0.1) is 22.8 Å². The fourth-order valence-corrected chi connectivity index (χ4v) is 7.62. The second kappa shape index (κ2) is 17.1. The van der Waals surface area contributed by atoms with Gasteiger partial charge in [-0.05, 0) is 95.4 Å². The highest BCUT2D eigenvalue weighted by molar-refractivity contribution is 6.33. The van der Waals surface area contributed by atoms with E-state index in [1.54, 1.807) is 6.20 Å². The first-order valence-corrected chi connectivity index (χ1v) is 19.1. The average molecular weight is 759 g/mol. The smallest absolute Gasteiger partial charge is 0.275 e. The standard InChI is InChI=1S/C40H47Cl2N7O2.C2H6/c1-24(2)45-47(7)27(5)21-32-34(41)12-11-31-30(9-8-18-51-29-19-25(3)37(42)26(4)20-29)39-40(50)48(16-17-49(39)38(31)32)36-23-46(6)35-13-10-28(22-33(35)36)44-15-14-43;1-2/h10-15,19,21-23,29,44H,8-9,16-18,20,43H2,1-7H3;1-2H3/b15-14-,27-21+;. The van der Waals surface area contributed by atoms with Crippen molar-refractivity contribution in [2.75, 3.05) is 30.4 Å². The van der Waals surface area contributed by atoms with E-state index in [1.165, 1.54) is 6.20 Å². The Morgan fingerprint density at radius 1 is 1.11 bits per heavy atom. The van der Waals surface area contributed by atoms with Crippen molar-refractivity contribution in [3.8, 4) is 0 Å².